The zero-order valence-electron chi connectivity index (χ0n) is 18.8. The first-order chi connectivity index (χ1) is 16.4. The van der Waals surface area contributed by atoms with Crippen LogP contribution >= 0.6 is 0 Å². The van der Waals surface area contributed by atoms with Gasteiger partial charge in [0.15, 0.2) is 0 Å². The van der Waals surface area contributed by atoms with Crippen molar-refractivity contribution >= 4 is 17.7 Å². The molecule has 2 aromatic carbocycles. The first-order valence-electron chi connectivity index (χ1n) is 11.4. The van der Waals surface area contributed by atoms with E-state index in [1.807, 2.05) is 0 Å². The Morgan fingerprint density at radius 1 is 1.06 bits per heavy atom. The molecule has 178 valence electrons. The van der Waals surface area contributed by atoms with Crippen LogP contribution in [0.25, 0.3) is 0 Å². The second-order valence-electron chi connectivity index (χ2n) is 8.88. The number of benzene rings is 2. The molecule has 2 aromatic rings. The number of fused-ring (bicyclic) bond motifs is 2. The number of nitrogens with one attached hydrogen (secondary N) is 1. The normalized spacial score (nSPS) is 25.8. The molecule has 0 bridgehead atoms. The molecule has 8 nitrogen and oxygen atoms in total. The van der Waals surface area contributed by atoms with Crippen molar-refractivity contribution in [3.05, 3.63) is 65.5 Å². The van der Waals surface area contributed by atoms with Gasteiger partial charge in [-0.05, 0) is 48.4 Å². The summed E-state index contributed by atoms with van der Waals surface area (Å²) in [5.41, 5.74) is 1.29. The summed E-state index contributed by atoms with van der Waals surface area (Å²) < 4.78 is 24.2. The van der Waals surface area contributed by atoms with Crippen molar-refractivity contribution < 1.29 is 28.2 Å². The molecule has 0 radical (unpaired) electrons. The van der Waals surface area contributed by atoms with Gasteiger partial charge in [0.25, 0.3) is 5.91 Å². The predicted molar refractivity (Wildman–Crippen MR) is 119 cm³/mol. The molecule has 4 atom stereocenters. The van der Waals surface area contributed by atoms with Crippen LogP contribution in [0.3, 0.4) is 0 Å². The van der Waals surface area contributed by atoms with Gasteiger partial charge in [0.1, 0.15) is 23.7 Å². The molecule has 0 saturated carbocycles. The number of carbonyl (C=O) groups is 3. The maximum absolute atomic E-state index is 13.4. The fourth-order valence-electron chi connectivity index (χ4n) is 5.04. The van der Waals surface area contributed by atoms with Gasteiger partial charge >= 0.3 is 0 Å². The van der Waals surface area contributed by atoms with Crippen LogP contribution in [0.1, 0.15) is 28.8 Å². The second-order valence-corrected chi connectivity index (χ2v) is 8.88. The quantitative estimate of drug-likeness (QED) is 0.699. The fraction of sp³-hybridized carbons (Fsp3) is 0.400. The molecular formula is C25H26FN3O5. The van der Waals surface area contributed by atoms with Gasteiger partial charge in [-0.1, -0.05) is 12.1 Å². The fourth-order valence-corrected chi connectivity index (χ4v) is 5.04. The molecule has 1 N–H and O–H groups in total. The van der Waals surface area contributed by atoms with Gasteiger partial charge in [-0.15, -0.1) is 0 Å². The highest BCUT2D eigenvalue weighted by molar-refractivity contribution is 6.00. The number of piperazine rings is 1. The molecule has 3 aliphatic heterocycles. The minimum atomic E-state index is -0.707. The van der Waals surface area contributed by atoms with Crippen molar-refractivity contribution in [3.63, 3.8) is 0 Å². The molecule has 34 heavy (non-hydrogen) atoms. The van der Waals surface area contributed by atoms with Crippen LogP contribution in [0.5, 0.6) is 5.75 Å². The summed E-state index contributed by atoms with van der Waals surface area (Å²) in [7, 11) is 1.55. The van der Waals surface area contributed by atoms with Crippen LogP contribution in [0.4, 0.5) is 4.39 Å². The SMILES string of the molecule is COc1ccc(C(=O)N[C@H]2CCN3C(=O)[C@@H]4C[C@@H](OCc5ccc(F)cc5)CN4C(=O)[C@H]23)cc1. The Morgan fingerprint density at radius 3 is 2.50 bits per heavy atom. The van der Waals surface area contributed by atoms with Gasteiger partial charge < -0.3 is 24.6 Å². The molecule has 3 aliphatic rings. The molecule has 0 spiro atoms. The second kappa shape index (κ2) is 9.06. The summed E-state index contributed by atoms with van der Waals surface area (Å²) in [6.07, 6.45) is 0.669. The Morgan fingerprint density at radius 2 is 1.79 bits per heavy atom. The van der Waals surface area contributed by atoms with Crippen molar-refractivity contribution in [2.45, 2.75) is 43.7 Å². The smallest absolute Gasteiger partial charge is 0.251 e. The lowest BCUT2D eigenvalue weighted by atomic mass is 10.0. The molecule has 0 aliphatic carbocycles. The number of methoxy groups -OCH3 is 1. The van der Waals surface area contributed by atoms with Gasteiger partial charge in [-0.25, -0.2) is 4.39 Å². The standard InChI is InChI=1S/C25H26FN3O5/c1-33-18-8-4-16(5-9-18)23(30)27-20-10-11-28-22(20)25(32)29-13-19(12-21(29)24(28)31)34-14-15-2-6-17(26)7-3-15/h2-9,19-22H,10-14H2,1H3,(H,27,30)/t19-,20+,21+,22+/m1/s1. The molecule has 3 saturated heterocycles. The summed E-state index contributed by atoms with van der Waals surface area (Å²) in [5.74, 6) is -0.215. The van der Waals surface area contributed by atoms with E-state index in [-0.39, 0.29) is 36.2 Å². The Kier molecular flexibility index (Phi) is 5.95. The van der Waals surface area contributed by atoms with Crippen molar-refractivity contribution in [2.24, 2.45) is 0 Å². The zero-order chi connectivity index (χ0) is 23.8. The monoisotopic (exact) mass is 467 g/mol. The van der Waals surface area contributed by atoms with E-state index in [0.717, 1.165) is 5.56 Å². The van der Waals surface area contributed by atoms with Crippen molar-refractivity contribution in [2.75, 3.05) is 20.2 Å². The van der Waals surface area contributed by atoms with E-state index in [2.05, 4.69) is 5.32 Å². The Hall–Kier alpha value is -3.46. The van der Waals surface area contributed by atoms with Crippen molar-refractivity contribution in [1.82, 2.24) is 15.1 Å². The van der Waals surface area contributed by atoms with Crippen LogP contribution in [0, 0.1) is 5.82 Å². The van der Waals surface area contributed by atoms with E-state index in [1.54, 1.807) is 53.3 Å². The first kappa shape index (κ1) is 22.3. The number of nitrogens with zero attached hydrogens (tertiary/aromatic N) is 2. The number of amides is 3. The molecule has 3 fully saturated rings. The lowest BCUT2D eigenvalue weighted by molar-refractivity contribution is -0.157. The van der Waals surface area contributed by atoms with E-state index >= 15 is 0 Å². The number of halogens is 1. The van der Waals surface area contributed by atoms with Crippen LogP contribution < -0.4 is 10.1 Å². The molecule has 3 amide bonds. The summed E-state index contributed by atoms with van der Waals surface area (Å²) in [6.45, 7) is 1.02. The summed E-state index contributed by atoms with van der Waals surface area (Å²) in [6, 6.07) is 11.1. The third-order valence-corrected chi connectivity index (χ3v) is 6.83. The van der Waals surface area contributed by atoms with Crippen molar-refractivity contribution in [1.29, 1.82) is 0 Å². The molecule has 5 rings (SSSR count). The van der Waals surface area contributed by atoms with Gasteiger partial charge in [-0.2, -0.15) is 0 Å². The maximum atomic E-state index is 13.4. The minimum absolute atomic E-state index is 0.0984. The lowest BCUT2D eigenvalue weighted by Crippen LogP contribution is -2.64. The number of ether oxygens (including phenoxy) is 2. The van der Waals surface area contributed by atoms with E-state index in [1.165, 1.54) is 12.1 Å². The van der Waals surface area contributed by atoms with Gasteiger partial charge in [0, 0.05) is 25.1 Å². The van der Waals surface area contributed by atoms with E-state index in [4.69, 9.17) is 9.47 Å². The Bertz CT molecular complexity index is 1090. The van der Waals surface area contributed by atoms with Crippen LogP contribution in [-0.2, 0) is 20.9 Å². The average Bonchev–Trinajstić information content (AvgIpc) is 3.47. The lowest BCUT2D eigenvalue weighted by Gasteiger charge is -2.40. The summed E-state index contributed by atoms with van der Waals surface area (Å²) >= 11 is 0. The summed E-state index contributed by atoms with van der Waals surface area (Å²) in [4.78, 5) is 42.5. The highest BCUT2D eigenvalue weighted by Crippen LogP contribution is 2.33. The van der Waals surface area contributed by atoms with Crippen LogP contribution in [0.15, 0.2) is 48.5 Å². The number of hydrogen-bond donors (Lipinski definition) is 1. The first-order valence-corrected chi connectivity index (χ1v) is 11.4. The van der Waals surface area contributed by atoms with Gasteiger partial charge in [0.05, 0.1) is 25.9 Å². The maximum Gasteiger partial charge on any atom is 0.251 e. The highest BCUT2D eigenvalue weighted by atomic mass is 19.1. The number of hydrogen-bond acceptors (Lipinski definition) is 5. The third-order valence-electron chi connectivity index (χ3n) is 6.83. The largest absolute Gasteiger partial charge is 0.497 e. The predicted octanol–water partition coefficient (Wildman–Crippen LogP) is 1.73. The van der Waals surface area contributed by atoms with Crippen LogP contribution in [0.2, 0.25) is 0 Å². The van der Waals surface area contributed by atoms with Crippen molar-refractivity contribution in [3.8, 4) is 5.75 Å². The topological polar surface area (TPSA) is 88.2 Å². The third kappa shape index (κ3) is 4.11. The Balaban J connectivity index is 1.24. The average molecular weight is 467 g/mol. The molecule has 0 aromatic heterocycles. The molecule has 3 heterocycles. The van der Waals surface area contributed by atoms with E-state index in [0.29, 0.717) is 37.2 Å². The summed E-state index contributed by atoms with van der Waals surface area (Å²) in [5, 5.41) is 2.94. The van der Waals surface area contributed by atoms with E-state index in [9.17, 15) is 18.8 Å². The zero-order valence-corrected chi connectivity index (χ0v) is 18.8. The van der Waals surface area contributed by atoms with Crippen LogP contribution in [-0.4, -0.2) is 72.0 Å². The van der Waals surface area contributed by atoms with Gasteiger partial charge in [0.2, 0.25) is 11.8 Å². The molecule has 9 heteroatoms. The molecule has 0 unspecified atom stereocenters. The number of carbonyl (C=O) groups excluding carboxylic acids is 3. The van der Waals surface area contributed by atoms with Gasteiger partial charge in [-0.3, -0.25) is 14.4 Å². The number of rotatable bonds is 6. The van der Waals surface area contributed by atoms with E-state index < -0.39 is 18.1 Å². The Labute approximate surface area is 196 Å². The highest BCUT2D eigenvalue weighted by Gasteiger charge is 2.55. The minimum Gasteiger partial charge on any atom is -0.497 e. The molecular weight excluding hydrogens is 441 g/mol.